The van der Waals surface area contributed by atoms with Crippen LogP contribution in [0.15, 0.2) is 52.7 Å². The Labute approximate surface area is 161 Å². The number of hydrogen-bond donors (Lipinski definition) is 5. The molecule has 10 nitrogen and oxygen atoms in total. The second kappa shape index (κ2) is 8.82. The third kappa shape index (κ3) is 4.95. The number of amidine groups is 1. The lowest BCUT2D eigenvalue weighted by atomic mass is 10.2. The SMILES string of the molecule is N=C(C(N)=O)C(=NC(N)=N[C@@H]1CCNC1)Nc1cccc(-c2ncccn2)c1. The molecule has 2 heterocycles. The first kappa shape index (κ1) is 19.1. The van der Waals surface area contributed by atoms with E-state index in [1.165, 1.54) is 0 Å². The van der Waals surface area contributed by atoms with Crippen LogP contribution < -0.4 is 22.1 Å². The van der Waals surface area contributed by atoms with Gasteiger partial charge in [-0.1, -0.05) is 12.1 Å². The van der Waals surface area contributed by atoms with Crippen molar-refractivity contribution in [1.29, 1.82) is 5.41 Å². The van der Waals surface area contributed by atoms with Gasteiger partial charge in [0.2, 0.25) is 5.96 Å². The second-order valence-corrected chi connectivity index (χ2v) is 6.11. The van der Waals surface area contributed by atoms with Crippen LogP contribution in [-0.4, -0.2) is 52.5 Å². The Morgan fingerprint density at radius 1 is 1.25 bits per heavy atom. The highest BCUT2D eigenvalue weighted by atomic mass is 16.1. The summed E-state index contributed by atoms with van der Waals surface area (Å²) in [5.41, 5.74) is 12.0. The zero-order chi connectivity index (χ0) is 19.9. The number of guanidine groups is 1. The van der Waals surface area contributed by atoms with E-state index in [-0.39, 0.29) is 17.8 Å². The predicted molar refractivity (Wildman–Crippen MR) is 108 cm³/mol. The topological polar surface area (TPSA) is 168 Å². The fraction of sp³-hybridized carbons (Fsp3) is 0.222. The molecule has 1 aliphatic rings. The number of amides is 1. The maximum Gasteiger partial charge on any atom is 0.270 e. The van der Waals surface area contributed by atoms with Crippen LogP contribution in [0.3, 0.4) is 0 Å². The van der Waals surface area contributed by atoms with Crippen molar-refractivity contribution in [2.75, 3.05) is 18.4 Å². The second-order valence-electron chi connectivity index (χ2n) is 6.11. The third-order valence-electron chi connectivity index (χ3n) is 4.01. The van der Waals surface area contributed by atoms with E-state index in [1.54, 1.807) is 36.7 Å². The van der Waals surface area contributed by atoms with Gasteiger partial charge < -0.3 is 22.1 Å². The summed E-state index contributed by atoms with van der Waals surface area (Å²) in [5, 5.41) is 14.0. The molecule has 1 amide bonds. The number of aliphatic imine (C=N–C) groups is 2. The molecule has 1 fully saturated rings. The number of carbonyl (C=O) groups excluding carboxylic acids is 1. The van der Waals surface area contributed by atoms with E-state index in [4.69, 9.17) is 16.9 Å². The first-order valence-corrected chi connectivity index (χ1v) is 8.69. The van der Waals surface area contributed by atoms with E-state index in [0.29, 0.717) is 18.1 Å². The lowest BCUT2D eigenvalue weighted by molar-refractivity contribution is -0.111. The van der Waals surface area contributed by atoms with Crippen LogP contribution in [0.5, 0.6) is 0 Å². The van der Waals surface area contributed by atoms with Crippen LogP contribution in [0.4, 0.5) is 5.69 Å². The summed E-state index contributed by atoms with van der Waals surface area (Å²) in [7, 11) is 0. The van der Waals surface area contributed by atoms with E-state index in [0.717, 1.165) is 18.5 Å². The molecule has 1 aromatic carbocycles. The van der Waals surface area contributed by atoms with Gasteiger partial charge in [-0.25, -0.2) is 15.0 Å². The van der Waals surface area contributed by atoms with Crippen LogP contribution in [0.1, 0.15) is 6.42 Å². The van der Waals surface area contributed by atoms with Crippen molar-refractivity contribution in [2.45, 2.75) is 12.5 Å². The Bertz CT molecular complexity index is 918. The van der Waals surface area contributed by atoms with Crippen LogP contribution in [0.25, 0.3) is 11.4 Å². The number of nitrogens with zero attached hydrogens (tertiary/aromatic N) is 4. The molecule has 0 radical (unpaired) electrons. The number of hydrogen-bond acceptors (Lipinski definition) is 6. The highest BCUT2D eigenvalue weighted by Gasteiger charge is 2.17. The Balaban J connectivity index is 1.86. The highest BCUT2D eigenvalue weighted by Crippen LogP contribution is 2.19. The van der Waals surface area contributed by atoms with E-state index >= 15 is 0 Å². The summed E-state index contributed by atoms with van der Waals surface area (Å²) in [4.78, 5) is 28.3. The molecular weight excluding hydrogens is 358 g/mol. The standard InChI is InChI=1S/C18H21N9O/c19-14(15(20)28)17(27-18(21)26-13-5-8-22-10-13)25-12-4-1-3-11(9-12)16-23-6-2-7-24-16/h1-4,6-7,9,13,19,22H,5,8,10H2,(H2,20,28)(H3,21,25,26,27)/t13-/m1/s1. The van der Waals surface area contributed by atoms with Crippen molar-refractivity contribution >= 4 is 29.1 Å². The van der Waals surface area contributed by atoms with E-state index in [9.17, 15) is 4.79 Å². The summed E-state index contributed by atoms with van der Waals surface area (Å²) in [6.07, 6.45) is 4.14. The Morgan fingerprint density at radius 2 is 2.04 bits per heavy atom. The Morgan fingerprint density at radius 3 is 2.71 bits per heavy atom. The van der Waals surface area contributed by atoms with Crippen molar-refractivity contribution in [3.05, 3.63) is 42.7 Å². The van der Waals surface area contributed by atoms with Crippen molar-refractivity contribution in [2.24, 2.45) is 21.5 Å². The number of nitrogens with one attached hydrogen (secondary N) is 3. The molecule has 1 atom stereocenters. The first-order chi connectivity index (χ1) is 13.5. The van der Waals surface area contributed by atoms with E-state index < -0.39 is 11.6 Å². The lowest BCUT2D eigenvalue weighted by Crippen LogP contribution is -2.35. The van der Waals surface area contributed by atoms with Gasteiger partial charge in [0.15, 0.2) is 17.4 Å². The van der Waals surface area contributed by atoms with Gasteiger partial charge in [0.1, 0.15) is 0 Å². The molecule has 0 saturated carbocycles. The van der Waals surface area contributed by atoms with Crippen LogP contribution >= 0.6 is 0 Å². The fourth-order valence-electron chi connectivity index (χ4n) is 2.66. The van der Waals surface area contributed by atoms with Crippen LogP contribution in [0.2, 0.25) is 0 Å². The van der Waals surface area contributed by atoms with E-state index in [2.05, 4.69) is 30.6 Å². The van der Waals surface area contributed by atoms with Crippen molar-refractivity contribution in [1.82, 2.24) is 15.3 Å². The molecule has 144 valence electrons. The number of carbonyl (C=O) groups is 1. The molecule has 7 N–H and O–H groups in total. The Hall–Kier alpha value is -3.66. The van der Waals surface area contributed by atoms with Gasteiger partial charge in [0.25, 0.3) is 5.91 Å². The van der Waals surface area contributed by atoms with Gasteiger partial charge in [-0.05, 0) is 31.2 Å². The summed E-state index contributed by atoms with van der Waals surface area (Å²) >= 11 is 0. The first-order valence-electron chi connectivity index (χ1n) is 8.69. The fourth-order valence-corrected chi connectivity index (χ4v) is 2.66. The smallest absolute Gasteiger partial charge is 0.270 e. The minimum Gasteiger partial charge on any atom is -0.368 e. The number of rotatable bonds is 5. The molecule has 0 bridgehead atoms. The zero-order valence-electron chi connectivity index (χ0n) is 15.1. The number of aromatic nitrogens is 2. The summed E-state index contributed by atoms with van der Waals surface area (Å²) in [6.45, 7) is 1.58. The molecule has 10 heteroatoms. The molecule has 0 spiro atoms. The lowest BCUT2D eigenvalue weighted by Gasteiger charge is -2.11. The highest BCUT2D eigenvalue weighted by molar-refractivity contribution is 6.67. The molecule has 0 aliphatic carbocycles. The molecule has 2 aromatic rings. The van der Waals surface area contributed by atoms with Gasteiger partial charge in [-0.3, -0.25) is 10.2 Å². The summed E-state index contributed by atoms with van der Waals surface area (Å²) in [5.74, 6) is -0.482. The molecule has 1 aromatic heterocycles. The third-order valence-corrected chi connectivity index (χ3v) is 4.01. The average molecular weight is 379 g/mol. The van der Waals surface area contributed by atoms with Crippen molar-refractivity contribution < 1.29 is 4.79 Å². The minimum absolute atomic E-state index is 0.0197. The number of primary amides is 1. The predicted octanol–water partition coefficient (Wildman–Crippen LogP) is 0.136. The Kier molecular flexibility index (Phi) is 6.02. The quantitative estimate of drug-likeness (QED) is 0.365. The molecular formula is C18H21N9O. The van der Waals surface area contributed by atoms with Crippen molar-refractivity contribution in [3.63, 3.8) is 0 Å². The molecule has 3 rings (SSSR count). The zero-order valence-corrected chi connectivity index (χ0v) is 15.1. The van der Waals surface area contributed by atoms with Crippen LogP contribution in [0, 0.1) is 5.41 Å². The minimum atomic E-state index is -0.927. The maximum atomic E-state index is 11.5. The maximum absolute atomic E-state index is 11.5. The summed E-state index contributed by atoms with van der Waals surface area (Å²) < 4.78 is 0. The number of anilines is 1. The monoisotopic (exact) mass is 379 g/mol. The van der Waals surface area contributed by atoms with Crippen LogP contribution in [-0.2, 0) is 4.79 Å². The van der Waals surface area contributed by atoms with Gasteiger partial charge >= 0.3 is 0 Å². The molecule has 28 heavy (non-hydrogen) atoms. The van der Waals surface area contributed by atoms with Gasteiger partial charge in [-0.15, -0.1) is 0 Å². The normalized spacial score (nSPS) is 17.4. The summed E-state index contributed by atoms with van der Waals surface area (Å²) in [6, 6.07) is 8.91. The van der Waals surface area contributed by atoms with Gasteiger partial charge in [0.05, 0.1) is 6.04 Å². The number of nitrogens with two attached hydrogens (primary N) is 2. The molecule has 0 unspecified atom stereocenters. The molecule has 1 aliphatic heterocycles. The average Bonchev–Trinajstić information content (AvgIpc) is 3.20. The molecule has 1 saturated heterocycles. The van der Waals surface area contributed by atoms with E-state index in [1.807, 2.05) is 6.07 Å². The largest absolute Gasteiger partial charge is 0.368 e. The van der Waals surface area contributed by atoms with Gasteiger partial charge in [-0.2, -0.15) is 4.99 Å². The van der Waals surface area contributed by atoms with Gasteiger partial charge in [0, 0.05) is 30.2 Å². The number of benzene rings is 1. The van der Waals surface area contributed by atoms with Crippen molar-refractivity contribution in [3.8, 4) is 11.4 Å².